The first-order valence-corrected chi connectivity index (χ1v) is 5.79. The third kappa shape index (κ3) is 3.11. The second kappa shape index (κ2) is 6.02. The highest BCUT2D eigenvalue weighted by molar-refractivity contribution is 5.91. The van der Waals surface area contributed by atoms with Gasteiger partial charge >= 0.3 is 5.97 Å². The van der Waals surface area contributed by atoms with Gasteiger partial charge in [0.2, 0.25) is 0 Å². The Labute approximate surface area is 111 Å². The predicted molar refractivity (Wildman–Crippen MR) is 70.3 cm³/mol. The molecule has 0 aliphatic heterocycles. The van der Waals surface area contributed by atoms with Crippen molar-refractivity contribution in [2.45, 2.75) is 6.61 Å². The van der Waals surface area contributed by atoms with Crippen molar-refractivity contribution in [2.24, 2.45) is 0 Å². The molecule has 0 aliphatic carbocycles. The largest absolute Gasteiger partial charge is 0.497 e. The lowest BCUT2D eigenvalue weighted by Crippen LogP contribution is -2.09. The van der Waals surface area contributed by atoms with Gasteiger partial charge in [-0.05, 0) is 30.3 Å². The molecule has 0 fully saturated rings. The molecule has 0 saturated heterocycles. The van der Waals surface area contributed by atoms with Crippen LogP contribution in [0.25, 0.3) is 0 Å². The van der Waals surface area contributed by atoms with E-state index < -0.39 is 5.97 Å². The molecule has 0 spiro atoms. The Balaban J connectivity index is 2.16. The van der Waals surface area contributed by atoms with E-state index in [1.54, 1.807) is 55.6 Å². The lowest BCUT2D eigenvalue weighted by molar-refractivity contribution is 0.0731. The highest BCUT2D eigenvalue weighted by atomic mass is 16.5. The number of rotatable bonds is 4. The van der Waals surface area contributed by atoms with Crippen LogP contribution < -0.4 is 9.47 Å². The zero-order chi connectivity index (χ0) is 13.7. The van der Waals surface area contributed by atoms with Crippen molar-refractivity contribution in [3.05, 3.63) is 59.7 Å². The fourth-order valence-corrected chi connectivity index (χ4v) is 1.62. The predicted octanol–water partition coefficient (Wildman–Crippen LogP) is 2.41. The number of benzene rings is 2. The van der Waals surface area contributed by atoms with E-state index in [0.717, 1.165) is 0 Å². The molecule has 98 valence electrons. The SMILES string of the molecule is COc1ccc(C(=O)Oc2ccccc2CO)cc1. The number of hydrogen-bond acceptors (Lipinski definition) is 4. The summed E-state index contributed by atoms with van der Waals surface area (Å²) in [5.41, 5.74) is 0.998. The Kier molecular flexibility index (Phi) is 4.15. The van der Waals surface area contributed by atoms with Crippen LogP contribution in [0.4, 0.5) is 0 Å². The molecule has 4 heteroatoms. The van der Waals surface area contributed by atoms with Gasteiger partial charge in [-0.25, -0.2) is 4.79 Å². The monoisotopic (exact) mass is 258 g/mol. The molecule has 2 rings (SSSR count). The number of hydrogen-bond donors (Lipinski definition) is 1. The van der Waals surface area contributed by atoms with Crippen molar-refractivity contribution in [1.29, 1.82) is 0 Å². The summed E-state index contributed by atoms with van der Waals surface area (Å²) >= 11 is 0. The molecule has 2 aromatic carbocycles. The van der Waals surface area contributed by atoms with Gasteiger partial charge < -0.3 is 14.6 Å². The number of aliphatic hydroxyl groups excluding tert-OH is 1. The number of methoxy groups -OCH3 is 1. The number of esters is 1. The zero-order valence-corrected chi connectivity index (χ0v) is 10.5. The van der Waals surface area contributed by atoms with Crippen LogP contribution in [-0.4, -0.2) is 18.2 Å². The average Bonchev–Trinajstić information content (AvgIpc) is 2.48. The van der Waals surface area contributed by atoms with Crippen LogP contribution in [0.3, 0.4) is 0 Å². The van der Waals surface area contributed by atoms with E-state index >= 15 is 0 Å². The summed E-state index contributed by atoms with van der Waals surface area (Å²) in [4.78, 5) is 11.9. The lowest BCUT2D eigenvalue weighted by atomic mass is 10.2. The van der Waals surface area contributed by atoms with Crippen LogP contribution in [0.5, 0.6) is 11.5 Å². The van der Waals surface area contributed by atoms with Crippen LogP contribution in [0.2, 0.25) is 0 Å². The number of ether oxygens (including phenoxy) is 2. The molecule has 0 saturated carbocycles. The van der Waals surface area contributed by atoms with E-state index in [4.69, 9.17) is 14.6 Å². The van der Waals surface area contributed by atoms with Gasteiger partial charge in [-0.1, -0.05) is 18.2 Å². The second-order valence-corrected chi connectivity index (χ2v) is 3.88. The highest BCUT2D eigenvalue weighted by Gasteiger charge is 2.11. The van der Waals surface area contributed by atoms with Gasteiger partial charge in [0, 0.05) is 5.56 Å². The summed E-state index contributed by atoms with van der Waals surface area (Å²) in [5.74, 6) is 0.571. The number of carbonyl (C=O) groups excluding carboxylic acids is 1. The van der Waals surface area contributed by atoms with E-state index in [2.05, 4.69) is 0 Å². The van der Waals surface area contributed by atoms with Crippen molar-refractivity contribution >= 4 is 5.97 Å². The molecule has 0 aliphatic rings. The van der Waals surface area contributed by atoms with Crippen LogP contribution >= 0.6 is 0 Å². The quantitative estimate of drug-likeness (QED) is 0.676. The summed E-state index contributed by atoms with van der Waals surface area (Å²) in [7, 11) is 1.56. The van der Waals surface area contributed by atoms with Crippen LogP contribution in [0, 0.1) is 0 Å². The summed E-state index contributed by atoms with van der Waals surface area (Å²) < 4.78 is 10.3. The van der Waals surface area contributed by atoms with E-state index in [9.17, 15) is 4.79 Å². The van der Waals surface area contributed by atoms with E-state index in [1.807, 2.05) is 0 Å². The fourth-order valence-electron chi connectivity index (χ4n) is 1.62. The molecule has 0 heterocycles. The minimum Gasteiger partial charge on any atom is -0.497 e. The van der Waals surface area contributed by atoms with Gasteiger partial charge in [0.05, 0.1) is 19.3 Å². The first-order valence-electron chi connectivity index (χ1n) is 5.79. The molecule has 0 amide bonds. The molecule has 0 unspecified atom stereocenters. The molecule has 0 radical (unpaired) electrons. The normalized spacial score (nSPS) is 10.0. The lowest BCUT2D eigenvalue weighted by Gasteiger charge is -2.08. The molecular weight excluding hydrogens is 244 g/mol. The molecule has 0 bridgehead atoms. The van der Waals surface area contributed by atoms with Gasteiger partial charge in [-0.3, -0.25) is 0 Å². The maximum atomic E-state index is 11.9. The Bertz CT molecular complexity index is 561. The van der Waals surface area contributed by atoms with Crippen molar-refractivity contribution < 1.29 is 19.4 Å². The minimum atomic E-state index is -0.469. The van der Waals surface area contributed by atoms with Gasteiger partial charge in [0.1, 0.15) is 11.5 Å². The van der Waals surface area contributed by atoms with Gasteiger partial charge in [-0.15, -0.1) is 0 Å². The molecule has 1 N–H and O–H groups in total. The second-order valence-electron chi connectivity index (χ2n) is 3.88. The van der Waals surface area contributed by atoms with Crippen LogP contribution in [-0.2, 0) is 6.61 Å². The summed E-state index contributed by atoms with van der Waals surface area (Å²) in [6.45, 7) is -0.175. The van der Waals surface area contributed by atoms with Crippen LogP contribution in [0.1, 0.15) is 15.9 Å². The van der Waals surface area contributed by atoms with Crippen molar-refractivity contribution in [3.8, 4) is 11.5 Å². The molecule has 19 heavy (non-hydrogen) atoms. The maximum Gasteiger partial charge on any atom is 0.343 e. The average molecular weight is 258 g/mol. The van der Waals surface area contributed by atoms with E-state index in [0.29, 0.717) is 22.6 Å². The topological polar surface area (TPSA) is 55.8 Å². The molecule has 0 aromatic heterocycles. The molecule has 4 nitrogen and oxygen atoms in total. The van der Waals surface area contributed by atoms with Crippen molar-refractivity contribution in [3.63, 3.8) is 0 Å². The summed E-state index contributed by atoms with van der Waals surface area (Å²) in [6.07, 6.45) is 0. The van der Waals surface area contributed by atoms with Crippen molar-refractivity contribution in [2.75, 3.05) is 7.11 Å². The number of carbonyl (C=O) groups is 1. The highest BCUT2D eigenvalue weighted by Crippen LogP contribution is 2.20. The summed E-state index contributed by atoms with van der Waals surface area (Å²) in [6, 6.07) is 13.5. The Morgan fingerprint density at radius 1 is 1.11 bits per heavy atom. The van der Waals surface area contributed by atoms with E-state index in [1.165, 1.54) is 0 Å². The molecular formula is C15H14O4. The first-order chi connectivity index (χ1) is 9.24. The maximum absolute atomic E-state index is 11.9. The third-order valence-electron chi connectivity index (χ3n) is 2.67. The Morgan fingerprint density at radius 2 is 1.79 bits per heavy atom. The minimum absolute atomic E-state index is 0.175. The smallest absolute Gasteiger partial charge is 0.343 e. The molecule has 0 atom stereocenters. The summed E-state index contributed by atoms with van der Waals surface area (Å²) in [5, 5.41) is 9.16. The first kappa shape index (κ1) is 13.1. The number of para-hydroxylation sites is 1. The number of aliphatic hydroxyl groups is 1. The fraction of sp³-hybridized carbons (Fsp3) is 0.133. The van der Waals surface area contributed by atoms with Gasteiger partial charge in [0.25, 0.3) is 0 Å². The molecule has 2 aromatic rings. The van der Waals surface area contributed by atoms with Gasteiger partial charge in [0.15, 0.2) is 0 Å². The Morgan fingerprint density at radius 3 is 2.42 bits per heavy atom. The van der Waals surface area contributed by atoms with Crippen LogP contribution in [0.15, 0.2) is 48.5 Å². The Hall–Kier alpha value is -2.33. The zero-order valence-electron chi connectivity index (χ0n) is 10.5. The van der Waals surface area contributed by atoms with Gasteiger partial charge in [-0.2, -0.15) is 0 Å². The standard InChI is InChI=1S/C15H14O4/c1-18-13-8-6-11(7-9-13)15(17)19-14-5-3-2-4-12(14)10-16/h2-9,16H,10H2,1H3. The van der Waals surface area contributed by atoms with Crippen molar-refractivity contribution in [1.82, 2.24) is 0 Å². The van der Waals surface area contributed by atoms with E-state index in [-0.39, 0.29) is 6.61 Å². The third-order valence-corrected chi connectivity index (χ3v) is 2.67.